The summed E-state index contributed by atoms with van der Waals surface area (Å²) in [5, 5.41) is 0. The third-order valence-electron chi connectivity index (χ3n) is 3.07. The first kappa shape index (κ1) is 15.1. The van der Waals surface area contributed by atoms with E-state index in [1.54, 1.807) is 0 Å². The Labute approximate surface area is 110 Å². The molecule has 2 unspecified atom stereocenters. The number of rotatable bonds is 8. The Hall–Kier alpha value is -0.970. The summed E-state index contributed by atoms with van der Waals surface area (Å²) in [6, 6.07) is 4.38. The molecule has 0 saturated carbocycles. The molecule has 4 nitrogen and oxygen atoms in total. The van der Waals surface area contributed by atoms with Crippen LogP contribution in [0.2, 0.25) is 0 Å². The van der Waals surface area contributed by atoms with E-state index < -0.39 is 0 Å². The lowest BCUT2D eigenvalue weighted by molar-refractivity contribution is 0.0909. The summed E-state index contributed by atoms with van der Waals surface area (Å²) < 4.78 is 5.44. The molecule has 102 valence electrons. The minimum atomic E-state index is 0.0778. The summed E-state index contributed by atoms with van der Waals surface area (Å²) in [6.07, 6.45) is 3.64. The van der Waals surface area contributed by atoms with Gasteiger partial charge in [0, 0.05) is 37.6 Å². The van der Waals surface area contributed by atoms with Crippen molar-refractivity contribution >= 4 is 0 Å². The van der Waals surface area contributed by atoms with Gasteiger partial charge in [0.25, 0.3) is 0 Å². The van der Waals surface area contributed by atoms with E-state index in [-0.39, 0.29) is 12.1 Å². The molecule has 18 heavy (non-hydrogen) atoms. The van der Waals surface area contributed by atoms with Crippen molar-refractivity contribution in [2.75, 3.05) is 26.3 Å². The lowest BCUT2D eigenvalue weighted by atomic mass is 10.0. The number of pyridine rings is 1. The molecular formula is C14H25N3O. The van der Waals surface area contributed by atoms with Gasteiger partial charge in [-0.3, -0.25) is 9.88 Å². The predicted molar refractivity (Wildman–Crippen MR) is 74.4 cm³/mol. The van der Waals surface area contributed by atoms with Crippen molar-refractivity contribution in [3.05, 3.63) is 30.1 Å². The van der Waals surface area contributed by atoms with Crippen LogP contribution in [0.5, 0.6) is 0 Å². The first-order valence-corrected chi connectivity index (χ1v) is 6.68. The second kappa shape index (κ2) is 8.19. The SMILES string of the molecule is CCOCCN(CC)C(c1ccncc1)C(C)N. The predicted octanol–water partition coefficient (Wildman–Crippen LogP) is 1.83. The molecule has 0 aromatic carbocycles. The third-order valence-corrected chi connectivity index (χ3v) is 3.07. The van der Waals surface area contributed by atoms with Crippen LogP contribution in [0.1, 0.15) is 32.4 Å². The zero-order valence-corrected chi connectivity index (χ0v) is 11.7. The van der Waals surface area contributed by atoms with Crippen molar-refractivity contribution in [1.82, 2.24) is 9.88 Å². The summed E-state index contributed by atoms with van der Waals surface area (Å²) in [6.45, 7) is 9.59. The van der Waals surface area contributed by atoms with Gasteiger partial charge in [0.2, 0.25) is 0 Å². The summed E-state index contributed by atoms with van der Waals surface area (Å²) in [5.74, 6) is 0. The lowest BCUT2D eigenvalue weighted by Gasteiger charge is -2.33. The Bertz CT molecular complexity index is 316. The summed E-state index contributed by atoms with van der Waals surface area (Å²) in [7, 11) is 0. The standard InChI is InChI=1S/C14H25N3O/c1-4-17(10-11-18-5-2)14(12(3)15)13-6-8-16-9-7-13/h6-9,12,14H,4-5,10-11,15H2,1-3H3. The fraction of sp³-hybridized carbons (Fsp3) is 0.643. The number of aromatic nitrogens is 1. The van der Waals surface area contributed by atoms with Gasteiger partial charge in [-0.15, -0.1) is 0 Å². The van der Waals surface area contributed by atoms with Crippen molar-refractivity contribution < 1.29 is 4.74 Å². The van der Waals surface area contributed by atoms with E-state index in [9.17, 15) is 0 Å². The second-order valence-corrected chi connectivity index (χ2v) is 4.41. The molecule has 0 aliphatic heterocycles. The van der Waals surface area contributed by atoms with Crippen LogP contribution in [0, 0.1) is 0 Å². The quantitative estimate of drug-likeness (QED) is 0.716. The van der Waals surface area contributed by atoms with Gasteiger partial charge < -0.3 is 10.5 Å². The molecule has 4 heteroatoms. The van der Waals surface area contributed by atoms with Crippen LogP contribution >= 0.6 is 0 Å². The molecule has 2 atom stereocenters. The van der Waals surface area contributed by atoms with Gasteiger partial charge in [0.1, 0.15) is 0 Å². The van der Waals surface area contributed by atoms with Crippen molar-refractivity contribution in [1.29, 1.82) is 0 Å². The van der Waals surface area contributed by atoms with Gasteiger partial charge in [-0.1, -0.05) is 6.92 Å². The van der Waals surface area contributed by atoms with Gasteiger partial charge in [0.05, 0.1) is 6.61 Å². The largest absolute Gasteiger partial charge is 0.380 e. The van der Waals surface area contributed by atoms with Crippen LogP contribution in [0.25, 0.3) is 0 Å². The zero-order chi connectivity index (χ0) is 13.4. The van der Waals surface area contributed by atoms with Crippen molar-refractivity contribution in [3.63, 3.8) is 0 Å². The van der Waals surface area contributed by atoms with E-state index in [1.807, 2.05) is 31.5 Å². The Balaban J connectivity index is 2.76. The Morgan fingerprint density at radius 2 is 2.00 bits per heavy atom. The van der Waals surface area contributed by atoms with Crippen LogP contribution in [0.3, 0.4) is 0 Å². The van der Waals surface area contributed by atoms with Gasteiger partial charge in [0.15, 0.2) is 0 Å². The fourth-order valence-corrected chi connectivity index (χ4v) is 2.23. The average molecular weight is 251 g/mol. The molecule has 0 saturated heterocycles. The highest BCUT2D eigenvalue weighted by molar-refractivity contribution is 5.17. The number of hydrogen-bond donors (Lipinski definition) is 1. The van der Waals surface area contributed by atoms with Crippen LogP contribution in [0.4, 0.5) is 0 Å². The molecule has 0 fully saturated rings. The maximum atomic E-state index is 6.15. The highest BCUT2D eigenvalue weighted by Gasteiger charge is 2.22. The Kier molecular flexibility index (Phi) is 6.86. The van der Waals surface area contributed by atoms with Crippen molar-refractivity contribution in [2.24, 2.45) is 5.73 Å². The van der Waals surface area contributed by atoms with Crippen LogP contribution in [-0.2, 0) is 4.74 Å². The highest BCUT2D eigenvalue weighted by Crippen LogP contribution is 2.22. The van der Waals surface area contributed by atoms with Gasteiger partial charge in [-0.2, -0.15) is 0 Å². The first-order chi connectivity index (χ1) is 8.70. The maximum Gasteiger partial charge on any atom is 0.0593 e. The molecule has 0 bridgehead atoms. The molecule has 2 N–H and O–H groups in total. The van der Waals surface area contributed by atoms with E-state index in [2.05, 4.69) is 23.7 Å². The summed E-state index contributed by atoms with van der Waals surface area (Å²) >= 11 is 0. The van der Waals surface area contributed by atoms with Crippen LogP contribution in [-0.4, -0.2) is 42.2 Å². The number of hydrogen-bond acceptors (Lipinski definition) is 4. The number of likely N-dealkylation sites (N-methyl/N-ethyl adjacent to an activating group) is 1. The van der Waals surface area contributed by atoms with Crippen LogP contribution < -0.4 is 5.73 Å². The molecule has 0 aliphatic carbocycles. The molecule has 0 spiro atoms. The number of nitrogens with two attached hydrogens (primary N) is 1. The van der Waals surface area contributed by atoms with Crippen molar-refractivity contribution in [3.8, 4) is 0 Å². The van der Waals surface area contributed by atoms with Gasteiger partial charge >= 0.3 is 0 Å². The van der Waals surface area contributed by atoms with E-state index in [4.69, 9.17) is 10.5 Å². The minimum absolute atomic E-state index is 0.0778. The summed E-state index contributed by atoms with van der Waals surface area (Å²) in [4.78, 5) is 6.42. The number of ether oxygens (including phenoxy) is 1. The van der Waals surface area contributed by atoms with E-state index in [0.29, 0.717) is 0 Å². The zero-order valence-electron chi connectivity index (χ0n) is 11.7. The van der Waals surface area contributed by atoms with Gasteiger partial charge in [-0.05, 0) is 38.1 Å². The Morgan fingerprint density at radius 3 is 2.50 bits per heavy atom. The first-order valence-electron chi connectivity index (χ1n) is 6.68. The molecule has 1 aromatic rings. The molecule has 0 radical (unpaired) electrons. The van der Waals surface area contributed by atoms with Crippen LogP contribution in [0.15, 0.2) is 24.5 Å². The highest BCUT2D eigenvalue weighted by atomic mass is 16.5. The smallest absolute Gasteiger partial charge is 0.0593 e. The molecule has 1 aromatic heterocycles. The van der Waals surface area contributed by atoms with E-state index >= 15 is 0 Å². The summed E-state index contributed by atoms with van der Waals surface area (Å²) in [5.41, 5.74) is 7.37. The average Bonchev–Trinajstić information content (AvgIpc) is 2.38. The topological polar surface area (TPSA) is 51.4 Å². The minimum Gasteiger partial charge on any atom is -0.380 e. The van der Waals surface area contributed by atoms with Crippen molar-refractivity contribution in [2.45, 2.75) is 32.9 Å². The molecule has 0 aliphatic rings. The van der Waals surface area contributed by atoms with E-state index in [0.717, 1.165) is 26.3 Å². The molecule has 1 rings (SSSR count). The fourth-order valence-electron chi connectivity index (χ4n) is 2.23. The molecular weight excluding hydrogens is 226 g/mol. The Morgan fingerprint density at radius 1 is 1.33 bits per heavy atom. The van der Waals surface area contributed by atoms with Gasteiger partial charge in [-0.25, -0.2) is 0 Å². The second-order valence-electron chi connectivity index (χ2n) is 4.41. The van der Waals surface area contributed by atoms with E-state index in [1.165, 1.54) is 5.56 Å². The maximum absolute atomic E-state index is 6.15. The molecule has 0 amide bonds. The number of nitrogens with zero attached hydrogens (tertiary/aromatic N) is 2. The third kappa shape index (κ3) is 4.37. The molecule has 1 heterocycles. The normalized spacial score (nSPS) is 14.7. The lowest BCUT2D eigenvalue weighted by Crippen LogP contribution is -2.41. The monoisotopic (exact) mass is 251 g/mol.